The molecule has 0 saturated heterocycles. The highest BCUT2D eigenvalue weighted by Gasteiger charge is 2.29. The van der Waals surface area contributed by atoms with Crippen LogP contribution in [0.3, 0.4) is 0 Å². The second-order valence-electron chi connectivity index (χ2n) is 10.0. The SMILES string of the molecule is Oc1ccc(Nc2nc(-c3ccncc3)nc3c2CC(N(Cc2ccccc2)Cc2ccccc2)CC3)cc1. The van der Waals surface area contributed by atoms with Crippen molar-refractivity contribution in [3.8, 4) is 17.1 Å². The lowest BCUT2D eigenvalue weighted by molar-refractivity contribution is 0.161. The van der Waals surface area contributed by atoms with E-state index in [1.807, 2.05) is 24.3 Å². The fourth-order valence-electron chi connectivity index (χ4n) is 5.27. The van der Waals surface area contributed by atoms with E-state index in [4.69, 9.17) is 9.97 Å². The van der Waals surface area contributed by atoms with E-state index >= 15 is 0 Å². The standard InChI is InChI=1S/C33H31N5O/c39-29-14-11-27(12-15-29)35-33-30-21-28(13-16-31(30)36-32(37-33)26-17-19-34-20-18-26)38(22-24-7-3-1-4-8-24)23-25-9-5-2-6-10-25/h1-12,14-15,17-20,28,39H,13,16,21-23H2,(H,35,36,37). The van der Waals surface area contributed by atoms with Gasteiger partial charge in [-0.05, 0) is 66.8 Å². The first-order chi connectivity index (χ1) is 19.2. The smallest absolute Gasteiger partial charge is 0.161 e. The zero-order chi connectivity index (χ0) is 26.4. The number of fused-ring (bicyclic) bond motifs is 1. The molecule has 2 heterocycles. The number of hydrogen-bond donors (Lipinski definition) is 2. The quantitative estimate of drug-likeness (QED) is 0.229. The number of aromatic hydroxyl groups is 1. The van der Waals surface area contributed by atoms with E-state index < -0.39 is 0 Å². The van der Waals surface area contributed by atoms with Crippen LogP contribution >= 0.6 is 0 Å². The van der Waals surface area contributed by atoms with E-state index in [1.165, 1.54) is 11.1 Å². The molecule has 3 aromatic carbocycles. The molecule has 0 aliphatic heterocycles. The van der Waals surface area contributed by atoms with Gasteiger partial charge in [0.25, 0.3) is 0 Å². The molecule has 1 unspecified atom stereocenters. The van der Waals surface area contributed by atoms with Crippen molar-refractivity contribution in [1.29, 1.82) is 0 Å². The van der Waals surface area contributed by atoms with Gasteiger partial charge in [0, 0.05) is 54.0 Å². The second kappa shape index (κ2) is 11.5. The lowest BCUT2D eigenvalue weighted by Crippen LogP contribution is -2.39. The zero-order valence-corrected chi connectivity index (χ0v) is 21.7. The summed E-state index contributed by atoms with van der Waals surface area (Å²) in [4.78, 5) is 16.8. The van der Waals surface area contributed by atoms with Crippen LogP contribution in [0, 0.1) is 0 Å². The molecule has 0 radical (unpaired) electrons. The number of nitrogens with zero attached hydrogens (tertiary/aromatic N) is 4. The summed E-state index contributed by atoms with van der Waals surface area (Å²) in [6.07, 6.45) is 6.30. The van der Waals surface area contributed by atoms with Crippen LogP contribution in [-0.2, 0) is 25.9 Å². The van der Waals surface area contributed by atoms with Crippen molar-refractivity contribution in [3.05, 3.63) is 132 Å². The van der Waals surface area contributed by atoms with Crippen molar-refractivity contribution in [2.24, 2.45) is 0 Å². The number of phenols is 1. The summed E-state index contributed by atoms with van der Waals surface area (Å²) in [5, 5.41) is 13.3. The third-order valence-corrected chi connectivity index (χ3v) is 7.29. The molecule has 0 saturated carbocycles. The van der Waals surface area contributed by atoms with Gasteiger partial charge in [0.05, 0.1) is 0 Å². The van der Waals surface area contributed by atoms with Crippen molar-refractivity contribution in [3.63, 3.8) is 0 Å². The Morgan fingerprint density at radius 3 is 2.05 bits per heavy atom. The van der Waals surface area contributed by atoms with Crippen molar-refractivity contribution < 1.29 is 5.11 Å². The molecule has 5 aromatic rings. The third-order valence-electron chi connectivity index (χ3n) is 7.29. The van der Waals surface area contributed by atoms with Gasteiger partial charge in [0.15, 0.2) is 5.82 Å². The van der Waals surface area contributed by atoms with Crippen LogP contribution in [0.25, 0.3) is 11.4 Å². The molecule has 6 heteroatoms. The molecule has 0 fully saturated rings. The van der Waals surface area contributed by atoms with Crippen molar-refractivity contribution >= 4 is 11.5 Å². The van der Waals surface area contributed by atoms with Gasteiger partial charge in [-0.15, -0.1) is 0 Å². The second-order valence-corrected chi connectivity index (χ2v) is 10.0. The van der Waals surface area contributed by atoms with E-state index in [0.29, 0.717) is 11.9 Å². The van der Waals surface area contributed by atoms with Crippen LogP contribution in [0.5, 0.6) is 5.75 Å². The predicted octanol–water partition coefficient (Wildman–Crippen LogP) is 6.55. The maximum Gasteiger partial charge on any atom is 0.161 e. The number of pyridine rings is 1. The largest absolute Gasteiger partial charge is 0.508 e. The molecule has 194 valence electrons. The molecular formula is C33H31N5O. The fraction of sp³-hybridized carbons (Fsp3) is 0.182. The van der Waals surface area contributed by atoms with Crippen molar-refractivity contribution in [1.82, 2.24) is 19.9 Å². The number of anilines is 2. The monoisotopic (exact) mass is 513 g/mol. The number of aryl methyl sites for hydroxylation is 1. The number of rotatable bonds is 8. The van der Waals surface area contributed by atoms with E-state index in [-0.39, 0.29) is 5.75 Å². The topological polar surface area (TPSA) is 74.2 Å². The number of benzene rings is 3. The van der Waals surface area contributed by atoms with Gasteiger partial charge in [0.1, 0.15) is 11.6 Å². The summed E-state index contributed by atoms with van der Waals surface area (Å²) in [6.45, 7) is 1.76. The Bertz CT molecular complexity index is 1470. The maximum atomic E-state index is 9.78. The average Bonchev–Trinajstić information content (AvgIpc) is 2.99. The van der Waals surface area contributed by atoms with Crippen LogP contribution < -0.4 is 5.32 Å². The number of hydrogen-bond acceptors (Lipinski definition) is 6. The highest BCUT2D eigenvalue weighted by atomic mass is 16.3. The van der Waals surface area contributed by atoms with Crippen LogP contribution in [0.4, 0.5) is 11.5 Å². The van der Waals surface area contributed by atoms with Crippen LogP contribution in [0.15, 0.2) is 109 Å². The van der Waals surface area contributed by atoms with E-state index in [0.717, 1.165) is 60.7 Å². The van der Waals surface area contributed by atoms with Gasteiger partial charge in [-0.1, -0.05) is 60.7 Å². The molecular weight excluding hydrogens is 482 g/mol. The van der Waals surface area contributed by atoms with E-state index in [1.54, 1.807) is 24.5 Å². The molecule has 39 heavy (non-hydrogen) atoms. The summed E-state index contributed by atoms with van der Waals surface area (Å²) < 4.78 is 0. The third kappa shape index (κ3) is 5.97. The first-order valence-corrected chi connectivity index (χ1v) is 13.4. The Hall–Kier alpha value is -4.55. The summed E-state index contributed by atoms with van der Waals surface area (Å²) >= 11 is 0. The zero-order valence-electron chi connectivity index (χ0n) is 21.7. The Morgan fingerprint density at radius 1 is 0.769 bits per heavy atom. The minimum absolute atomic E-state index is 0.236. The van der Waals surface area contributed by atoms with E-state index in [9.17, 15) is 5.11 Å². The molecule has 2 N–H and O–H groups in total. The maximum absolute atomic E-state index is 9.78. The minimum atomic E-state index is 0.236. The van der Waals surface area contributed by atoms with Gasteiger partial charge in [-0.2, -0.15) is 0 Å². The fourth-order valence-corrected chi connectivity index (χ4v) is 5.27. The van der Waals surface area contributed by atoms with Crippen molar-refractivity contribution in [2.45, 2.75) is 38.4 Å². The molecule has 1 aliphatic carbocycles. The minimum Gasteiger partial charge on any atom is -0.508 e. The molecule has 1 aliphatic rings. The molecule has 2 aromatic heterocycles. The number of aromatic nitrogens is 3. The number of nitrogens with one attached hydrogen (secondary N) is 1. The lowest BCUT2D eigenvalue weighted by Gasteiger charge is -2.36. The Kier molecular flexibility index (Phi) is 7.28. The summed E-state index contributed by atoms with van der Waals surface area (Å²) in [5.74, 6) is 1.75. The van der Waals surface area contributed by atoms with Crippen LogP contribution in [0.2, 0.25) is 0 Å². The molecule has 6 rings (SSSR count). The molecule has 0 spiro atoms. The lowest BCUT2D eigenvalue weighted by atomic mass is 9.90. The first kappa shape index (κ1) is 24.8. The normalized spacial score (nSPS) is 14.6. The molecule has 1 atom stereocenters. The Balaban J connectivity index is 1.35. The van der Waals surface area contributed by atoms with Crippen LogP contribution in [-0.4, -0.2) is 31.0 Å². The molecule has 0 amide bonds. The van der Waals surface area contributed by atoms with Crippen LogP contribution in [0.1, 0.15) is 28.8 Å². The Labute approximate surface area is 229 Å². The molecule has 0 bridgehead atoms. The summed E-state index contributed by atoms with van der Waals surface area (Å²) in [6, 6.07) is 32.7. The summed E-state index contributed by atoms with van der Waals surface area (Å²) in [7, 11) is 0. The highest BCUT2D eigenvalue weighted by molar-refractivity contribution is 5.65. The summed E-state index contributed by atoms with van der Waals surface area (Å²) in [5.41, 5.74) is 6.69. The average molecular weight is 514 g/mol. The number of phenolic OH excluding ortho intramolecular Hbond substituents is 1. The Morgan fingerprint density at radius 2 is 1.41 bits per heavy atom. The van der Waals surface area contributed by atoms with Gasteiger partial charge in [-0.25, -0.2) is 9.97 Å². The van der Waals surface area contributed by atoms with Gasteiger partial charge < -0.3 is 10.4 Å². The van der Waals surface area contributed by atoms with Gasteiger partial charge in [0.2, 0.25) is 0 Å². The highest BCUT2D eigenvalue weighted by Crippen LogP contribution is 2.33. The first-order valence-electron chi connectivity index (χ1n) is 13.4. The van der Waals surface area contributed by atoms with Crippen molar-refractivity contribution in [2.75, 3.05) is 5.32 Å². The van der Waals surface area contributed by atoms with Gasteiger partial charge in [-0.3, -0.25) is 9.88 Å². The molecule has 6 nitrogen and oxygen atoms in total. The predicted molar refractivity (Wildman–Crippen MR) is 155 cm³/mol. The van der Waals surface area contributed by atoms with Gasteiger partial charge >= 0.3 is 0 Å². The van der Waals surface area contributed by atoms with E-state index in [2.05, 4.69) is 75.9 Å².